The molecule has 3 aromatic rings. The van der Waals surface area contributed by atoms with Gasteiger partial charge in [-0.25, -0.2) is 18.2 Å². The molecule has 3 rings (SSSR count). The van der Waals surface area contributed by atoms with E-state index in [1.807, 2.05) is 13.8 Å². The van der Waals surface area contributed by atoms with Crippen LogP contribution in [0.2, 0.25) is 0 Å². The lowest BCUT2D eigenvalue weighted by molar-refractivity contribution is -0.131. The van der Waals surface area contributed by atoms with Gasteiger partial charge in [0.2, 0.25) is 0 Å². The zero-order valence-electron chi connectivity index (χ0n) is 16.9. The number of halogens is 4. The summed E-state index contributed by atoms with van der Waals surface area (Å²) in [5.74, 6) is -3.32. The highest BCUT2D eigenvalue weighted by atomic mass is 35.5. The molecule has 162 valence electrons. The van der Waals surface area contributed by atoms with Crippen molar-refractivity contribution in [2.24, 2.45) is 0 Å². The molecule has 0 saturated heterocycles. The number of esters is 1. The van der Waals surface area contributed by atoms with E-state index in [0.29, 0.717) is 35.4 Å². The zero-order chi connectivity index (χ0) is 21.1. The van der Waals surface area contributed by atoms with Crippen molar-refractivity contribution in [2.75, 3.05) is 0 Å². The molecule has 0 spiro atoms. The second kappa shape index (κ2) is 10.2. The number of ether oxygens (including phenoxy) is 1. The monoisotopic (exact) mass is 458 g/mol. The number of fused-ring (bicyclic) bond motifs is 1. The maximum atomic E-state index is 14.0. The first kappa shape index (κ1) is 24.1. The first-order valence-corrected chi connectivity index (χ1v) is 10.3. The average molecular weight is 459 g/mol. The van der Waals surface area contributed by atoms with Gasteiger partial charge in [-0.2, -0.15) is 0 Å². The highest BCUT2D eigenvalue weighted by Crippen LogP contribution is 2.32. The highest BCUT2D eigenvalue weighted by molar-refractivity contribution is 7.18. The Labute approximate surface area is 182 Å². The molecule has 9 heteroatoms. The largest absolute Gasteiger partial charge is 0.425 e. The lowest BCUT2D eigenvalue weighted by Crippen LogP contribution is -2.09. The second-order valence-electron chi connectivity index (χ2n) is 6.75. The number of nitrogens with zero attached hydrogens (tertiary/aromatic N) is 2. The molecule has 0 aliphatic carbocycles. The smallest absolute Gasteiger partial charge is 0.308 e. The Hall–Kier alpha value is -2.19. The highest BCUT2D eigenvalue weighted by Gasteiger charge is 2.20. The molecule has 0 fully saturated rings. The third kappa shape index (κ3) is 5.10. The molecule has 0 saturated carbocycles. The van der Waals surface area contributed by atoms with Crippen LogP contribution < -0.4 is 4.74 Å². The first-order valence-electron chi connectivity index (χ1n) is 9.47. The van der Waals surface area contributed by atoms with Crippen molar-refractivity contribution in [3.8, 4) is 5.75 Å². The van der Waals surface area contributed by atoms with E-state index in [0.717, 1.165) is 35.4 Å². The summed E-state index contributed by atoms with van der Waals surface area (Å²) in [5, 5.41) is 0.430. The molecule has 0 bridgehead atoms. The molecule has 1 aromatic carbocycles. The van der Waals surface area contributed by atoms with Gasteiger partial charge in [-0.05, 0) is 24.5 Å². The van der Waals surface area contributed by atoms with Gasteiger partial charge in [0, 0.05) is 25.1 Å². The summed E-state index contributed by atoms with van der Waals surface area (Å²) in [5.41, 5.74) is 2.00. The van der Waals surface area contributed by atoms with Crippen molar-refractivity contribution < 1.29 is 22.7 Å². The molecule has 2 heterocycles. The zero-order valence-corrected chi connectivity index (χ0v) is 18.5. The minimum absolute atomic E-state index is 0. The van der Waals surface area contributed by atoms with Gasteiger partial charge in [0.15, 0.2) is 17.4 Å². The fourth-order valence-corrected chi connectivity index (χ4v) is 4.14. The maximum absolute atomic E-state index is 14.0. The summed E-state index contributed by atoms with van der Waals surface area (Å²) in [6.07, 6.45) is 3.31. The third-order valence-corrected chi connectivity index (χ3v) is 5.42. The SMILES string of the molecule is CCCc1nc(CCC)c(OC(C)=O)cc1Cc1nc2c(F)c(F)cc(F)c2s1.Cl. The number of hydrogen-bond donors (Lipinski definition) is 0. The Balaban J connectivity index is 0.00000320. The molecule has 0 amide bonds. The maximum Gasteiger partial charge on any atom is 0.308 e. The molecule has 2 aromatic heterocycles. The number of pyridine rings is 1. The summed E-state index contributed by atoms with van der Waals surface area (Å²) in [7, 11) is 0. The number of benzene rings is 1. The van der Waals surface area contributed by atoms with Crippen molar-refractivity contribution in [3.63, 3.8) is 0 Å². The molecule has 0 unspecified atom stereocenters. The molecule has 0 aliphatic rings. The van der Waals surface area contributed by atoms with Crippen molar-refractivity contribution >= 4 is 39.9 Å². The molecular formula is C21H22ClF3N2O2S. The van der Waals surface area contributed by atoms with E-state index in [1.54, 1.807) is 6.07 Å². The average Bonchev–Trinajstić information content (AvgIpc) is 3.08. The summed E-state index contributed by atoms with van der Waals surface area (Å²) >= 11 is 0.974. The number of thiazole rings is 1. The number of hydrogen-bond acceptors (Lipinski definition) is 5. The van der Waals surface area contributed by atoms with E-state index in [-0.39, 0.29) is 29.0 Å². The Bertz CT molecular complexity index is 1070. The molecule has 4 nitrogen and oxygen atoms in total. The minimum Gasteiger partial charge on any atom is -0.425 e. The molecule has 30 heavy (non-hydrogen) atoms. The van der Waals surface area contributed by atoms with E-state index in [1.165, 1.54) is 6.92 Å². The normalized spacial score (nSPS) is 10.9. The summed E-state index contributed by atoms with van der Waals surface area (Å²) in [6.45, 7) is 5.36. The number of carbonyl (C=O) groups excluding carboxylic acids is 1. The van der Waals surface area contributed by atoms with Gasteiger partial charge in [-0.1, -0.05) is 26.7 Å². The van der Waals surface area contributed by atoms with E-state index in [4.69, 9.17) is 9.72 Å². The molecular weight excluding hydrogens is 437 g/mol. The Morgan fingerprint density at radius 1 is 1.03 bits per heavy atom. The number of carbonyl (C=O) groups is 1. The Kier molecular flexibility index (Phi) is 8.20. The Morgan fingerprint density at radius 2 is 1.70 bits per heavy atom. The van der Waals surface area contributed by atoms with Crippen molar-refractivity contribution in [1.29, 1.82) is 0 Å². The van der Waals surface area contributed by atoms with Gasteiger partial charge in [0.25, 0.3) is 0 Å². The fourth-order valence-electron chi connectivity index (χ4n) is 3.15. The summed E-state index contributed by atoms with van der Waals surface area (Å²) in [6, 6.07) is 2.28. The Morgan fingerprint density at radius 3 is 2.33 bits per heavy atom. The second-order valence-corrected chi connectivity index (χ2v) is 7.83. The molecule has 0 aliphatic heterocycles. The summed E-state index contributed by atoms with van der Waals surface area (Å²) in [4.78, 5) is 20.3. The van der Waals surface area contributed by atoms with Crippen LogP contribution in [0.25, 0.3) is 10.2 Å². The first-order chi connectivity index (χ1) is 13.8. The predicted molar refractivity (Wildman–Crippen MR) is 113 cm³/mol. The van der Waals surface area contributed by atoms with Crippen molar-refractivity contribution in [2.45, 2.75) is 52.9 Å². The van der Waals surface area contributed by atoms with E-state index >= 15 is 0 Å². The molecule has 0 atom stereocenters. The fraction of sp³-hybridized carbons (Fsp3) is 0.381. The third-order valence-electron chi connectivity index (χ3n) is 4.36. The minimum atomic E-state index is -1.26. The van der Waals surface area contributed by atoms with Crippen LogP contribution in [0.15, 0.2) is 12.1 Å². The number of aryl methyl sites for hydroxylation is 2. The van der Waals surface area contributed by atoms with Crippen LogP contribution in [-0.4, -0.2) is 15.9 Å². The van der Waals surface area contributed by atoms with E-state index in [2.05, 4.69) is 4.98 Å². The van der Waals surface area contributed by atoms with Crippen LogP contribution in [0.3, 0.4) is 0 Å². The van der Waals surface area contributed by atoms with Gasteiger partial charge in [0.1, 0.15) is 11.3 Å². The van der Waals surface area contributed by atoms with Crippen LogP contribution in [0.1, 0.15) is 55.6 Å². The van der Waals surface area contributed by atoms with Gasteiger partial charge >= 0.3 is 5.97 Å². The van der Waals surface area contributed by atoms with Crippen molar-refractivity contribution in [1.82, 2.24) is 9.97 Å². The summed E-state index contributed by atoms with van der Waals surface area (Å²) < 4.78 is 46.8. The number of aromatic nitrogens is 2. The topological polar surface area (TPSA) is 52.1 Å². The van der Waals surface area contributed by atoms with Crippen LogP contribution in [-0.2, 0) is 24.1 Å². The van der Waals surface area contributed by atoms with Crippen LogP contribution in [0, 0.1) is 17.5 Å². The molecule has 0 radical (unpaired) electrons. The van der Waals surface area contributed by atoms with Crippen LogP contribution in [0.5, 0.6) is 5.75 Å². The van der Waals surface area contributed by atoms with Crippen LogP contribution >= 0.6 is 23.7 Å². The van der Waals surface area contributed by atoms with E-state index < -0.39 is 23.4 Å². The number of rotatable bonds is 7. The van der Waals surface area contributed by atoms with Crippen LogP contribution in [0.4, 0.5) is 13.2 Å². The lowest BCUT2D eigenvalue weighted by Gasteiger charge is -2.14. The van der Waals surface area contributed by atoms with Gasteiger partial charge in [0.05, 0.1) is 15.4 Å². The standard InChI is InChI=1S/C21H21F3N2O2S.ClH/c1-4-6-15-12(8-17(28-11(3)27)16(25-15)7-5-2)9-18-26-20-19(24)13(22)10-14(23)21(20)29-18;/h8,10H,4-7,9H2,1-3H3;1H. The molecule has 0 N–H and O–H groups in total. The predicted octanol–water partition coefficient (Wildman–Crippen LogP) is 5.95. The van der Waals surface area contributed by atoms with Gasteiger partial charge < -0.3 is 4.74 Å². The quantitative estimate of drug-likeness (QED) is 0.324. The lowest BCUT2D eigenvalue weighted by atomic mass is 10.0. The van der Waals surface area contributed by atoms with Crippen molar-refractivity contribution in [3.05, 3.63) is 51.5 Å². The van der Waals surface area contributed by atoms with E-state index in [9.17, 15) is 18.0 Å². The van der Waals surface area contributed by atoms with Gasteiger partial charge in [-0.3, -0.25) is 9.78 Å². The van der Waals surface area contributed by atoms with Gasteiger partial charge in [-0.15, -0.1) is 23.7 Å².